The predicted molar refractivity (Wildman–Crippen MR) is 67.8 cm³/mol. The minimum Gasteiger partial charge on any atom is -0.409 e. The quantitative estimate of drug-likeness (QED) is 0.259. The van der Waals surface area contributed by atoms with Crippen LogP contribution in [0.2, 0.25) is 0 Å². The van der Waals surface area contributed by atoms with E-state index >= 15 is 0 Å². The first kappa shape index (κ1) is 14.9. The van der Waals surface area contributed by atoms with Gasteiger partial charge in [-0.25, -0.2) is 0 Å². The average molecular weight is 277 g/mol. The summed E-state index contributed by atoms with van der Waals surface area (Å²) in [6.45, 7) is 1.09. The van der Waals surface area contributed by atoms with Gasteiger partial charge in [0.15, 0.2) is 5.84 Å². The van der Waals surface area contributed by atoms with Crippen molar-refractivity contribution >= 4 is 22.5 Å². The zero-order valence-corrected chi connectivity index (χ0v) is 11.2. The maximum absolute atomic E-state index is 12.2. The summed E-state index contributed by atoms with van der Waals surface area (Å²) in [5.41, 5.74) is 4.63. The maximum atomic E-state index is 12.2. The molecule has 4 N–H and O–H groups in total. The summed E-state index contributed by atoms with van der Waals surface area (Å²) in [6.07, 6.45) is 2.33. The van der Waals surface area contributed by atoms with Crippen molar-refractivity contribution in [3.8, 4) is 0 Å². The average Bonchev–Trinajstić information content (AvgIpc) is 2.38. The topological polar surface area (TPSA) is 114 Å². The number of rotatable bonds is 5. The van der Waals surface area contributed by atoms with Crippen LogP contribution in [-0.2, 0) is 20.3 Å². The number of amidine groups is 1. The van der Waals surface area contributed by atoms with Gasteiger partial charge in [0, 0.05) is 42.6 Å². The van der Waals surface area contributed by atoms with Crippen molar-refractivity contribution in [2.75, 3.05) is 31.8 Å². The molecule has 0 aliphatic carbocycles. The molecule has 1 heterocycles. The van der Waals surface area contributed by atoms with Crippen LogP contribution >= 0.6 is 0 Å². The monoisotopic (exact) mass is 277 g/mol. The number of carbonyl (C=O) groups is 1. The van der Waals surface area contributed by atoms with Crippen LogP contribution in [0.4, 0.5) is 0 Å². The third-order valence-electron chi connectivity index (χ3n) is 3.05. The van der Waals surface area contributed by atoms with Crippen LogP contribution in [0, 0.1) is 5.41 Å². The lowest BCUT2D eigenvalue weighted by Crippen LogP contribution is -2.53. The summed E-state index contributed by atoms with van der Waals surface area (Å²) >= 11 is 0. The Morgan fingerprint density at radius 1 is 1.56 bits per heavy atom. The predicted octanol–water partition coefficient (Wildman–Crippen LogP) is -0.976. The molecule has 0 spiro atoms. The number of hydrogen-bond donors (Lipinski definition) is 3. The van der Waals surface area contributed by atoms with E-state index in [1.54, 1.807) is 6.26 Å². The fourth-order valence-electron chi connectivity index (χ4n) is 1.89. The summed E-state index contributed by atoms with van der Waals surface area (Å²) in [6, 6.07) is 0. The molecule has 1 amide bonds. The van der Waals surface area contributed by atoms with E-state index in [1.165, 1.54) is 0 Å². The van der Waals surface area contributed by atoms with Gasteiger partial charge in [-0.1, -0.05) is 5.16 Å². The molecular weight excluding hydrogens is 258 g/mol. The normalized spacial score (nSPS) is 21.3. The molecule has 1 aliphatic heterocycles. The third kappa shape index (κ3) is 3.42. The van der Waals surface area contributed by atoms with Gasteiger partial charge in [0.1, 0.15) is 5.41 Å². The van der Waals surface area contributed by atoms with E-state index in [0.717, 1.165) is 0 Å². The second kappa shape index (κ2) is 6.69. The van der Waals surface area contributed by atoms with E-state index < -0.39 is 16.2 Å². The first-order valence-corrected chi connectivity index (χ1v) is 7.40. The van der Waals surface area contributed by atoms with Crippen molar-refractivity contribution in [1.82, 2.24) is 5.32 Å². The van der Waals surface area contributed by atoms with E-state index in [1.807, 2.05) is 0 Å². The number of ether oxygens (including phenoxy) is 1. The van der Waals surface area contributed by atoms with E-state index in [0.29, 0.717) is 38.4 Å². The van der Waals surface area contributed by atoms with Gasteiger partial charge in [-0.3, -0.25) is 9.00 Å². The molecule has 0 aromatic carbocycles. The zero-order valence-electron chi connectivity index (χ0n) is 10.3. The van der Waals surface area contributed by atoms with Gasteiger partial charge in [0.25, 0.3) is 0 Å². The Morgan fingerprint density at radius 2 is 2.17 bits per heavy atom. The van der Waals surface area contributed by atoms with Crippen LogP contribution < -0.4 is 11.1 Å². The number of nitrogens with two attached hydrogens (primary N) is 1. The van der Waals surface area contributed by atoms with E-state index in [9.17, 15) is 9.00 Å². The highest BCUT2D eigenvalue weighted by atomic mass is 32.2. The largest absolute Gasteiger partial charge is 0.409 e. The highest BCUT2D eigenvalue weighted by Crippen LogP contribution is 2.31. The highest BCUT2D eigenvalue weighted by molar-refractivity contribution is 7.84. The summed E-state index contributed by atoms with van der Waals surface area (Å²) in [7, 11) is -0.963. The molecule has 18 heavy (non-hydrogen) atoms. The Labute approximate surface area is 108 Å². The van der Waals surface area contributed by atoms with E-state index in [-0.39, 0.29) is 11.7 Å². The second-order valence-corrected chi connectivity index (χ2v) is 5.77. The van der Waals surface area contributed by atoms with Crippen LogP contribution in [0.5, 0.6) is 0 Å². The summed E-state index contributed by atoms with van der Waals surface area (Å²) in [4.78, 5) is 12.2. The molecule has 1 rings (SSSR count). The lowest BCUT2D eigenvalue weighted by Gasteiger charge is -2.34. The number of hydrogen-bond acceptors (Lipinski definition) is 5. The molecule has 1 fully saturated rings. The fourth-order valence-corrected chi connectivity index (χ4v) is 2.28. The van der Waals surface area contributed by atoms with Crippen LogP contribution in [0.1, 0.15) is 12.8 Å². The maximum Gasteiger partial charge on any atom is 0.234 e. The molecule has 0 bridgehead atoms. The van der Waals surface area contributed by atoms with Crippen molar-refractivity contribution in [1.29, 1.82) is 0 Å². The SMILES string of the molecule is CS(=O)CCNC(=O)C1(C(N)=NO)CCOCC1. The van der Waals surface area contributed by atoms with Crippen LogP contribution in [0.25, 0.3) is 0 Å². The molecule has 0 saturated carbocycles. The van der Waals surface area contributed by atoms with Crippen molar-refractivity contribution in [3.63, 3.8) is 0 Å². The second-order valence-electron chi connectivity index (χ2n) is 4.21. The standard InChI is InChI=1S/C10H19N3O4S/c1-18(16)7-4-12-9(14)10(8(11)13-15)2-5-17-6-3-10/h15H,2-7H2,1H3,(H2,11,13)(H,12,14). The van der Waals surface area contributed by atoms with Crippen molar-refractivity contribution in [2.45, 2.75) is 12.8 Å². The third-order valence-corrected chi connectivity index (χ3v) is 3.83. The molecular formula is C10H19N3O4S. The first-order valence-electron chi connectivity index (χ1n) is 5.67. The minimum absolute atomic E-state index is 0.0964. The van der Waals surface area contributed by atoms with Crippen molar-refractivity contribution in [3.05, 3.63) is 0 Å². The van der Waals surface area contributed by atoms with Crippen molar-refractivity contribution < 1.29 is 18.9 Å². The van der Waals surface area contributed by atoms with Gasteiger partial charge >= 0.3 is 0 Å². The summed E-state index contributed by atoms with van der Waals surface area (Å²) in [5.74, 6) is -0.0124. The van der Waals surface area contributed by atoms with Crippen molar-refractivity contribution in [2.24, 2.45) is 16.3 Å². The molecule has 0 radical (unpaired) electrons. The van der Waals surface area contributed by atoms with Gasteiger partial charge < -0.3 is 21.0 Å². The van der Waals surface area contributed by atoms with Gasteiger partial charge in [-0.2, -0.15) is 0 Å². The zero-order chi connectivity index (χ0) is 13.6. The Morgan fingerprint density at radius 3 is 2.67 bits per heavy atom. The molecule has 7 nitrogen and oxygen atoms in total. The molecule has 104 valence electrons. The fraction of sp³-hybridized carbons (Fsp3) is 0.800. The lowest BCUT2D eigenvalue weighted by atomic mass is 9.78. The Bertz CT molecular complexity index is 353. The molecule has 1 aliphatic rings. The molecule has 1 atom stereocenters. The Hall–Kier alpha value is -1.15. The van der Waals surface area contributed by atoms with Gasteiger partial charge in [-0.15, -0.1) is 0 Å². The number of oxime groups is 1. The van der Waals surface area contributed by atoms with Gasteiger partial charge in [-0.05, 0) is 12.8 Å². The summed E-state index contributed by atoms with van der Waals surface area (Å²) in [5, 5.41) is 14.5. The Balaban J connectivity index is 2.71. The van der Waals surface area contributed by atoms with Crippen LogP contribution in [0.3, 0.4) is 0 Å². The van der Waals surface area contributed by atoms with Crippen LogP contribution in [0.15, 0.2) is 5.16 Å². The number of carbonyl (C=O) groups excluding carboxylic acids is 1. The van der Waals surface area contributed by atoms with E-state index in [2.05, 4.69) is 10.5 Å². The first-order chi connectivity index (χ1) is 8.53. The molecule has 1 saturated heterocycles. The van der Waals surface area contributed by atoms with Gasteiger partial charge in [0.2, 0.25) is 5.91 Å². The smallest absolute Gasteiger partial charge is 0.234 e. The highest BCUT2D eigenvalue weighted by Gasteiger charge is 2.44. The lowest BCUT2D eigenvalue weighted by molar-refractivity contribution is -0.131. The Kier molecular flexibility index (Phi) is 5.54. The molecule has 1 unspecified atom stereocenters. The van der Waals surface area contributed by atoms with Crippen LogP contribution in [-0.4, -0.2) is 52.9 Å². The molecule has 0 aromatic heterocycles. The molecule has 8 heteroatoms. The summed E-state index contributed by atoms with van der Waals surface area (Å²) < 4.78 is 16.1. The number of amides is 1. The molecule has 0 aromatic rings. The number of nitrogens with one attached hydrogen (secondary N) is 1. The number of nitrogens with zero attached hydrogens (tertiary/aromatic N) is 1. The van der Waals surface area contributed by atoms with Gasteiger partial charge in [0.05, 0.1) is 0 Å². The minimum atomic E-state index is -1.01. The van der Waals surface area contributed by atoms with E-state index in [4.69, 9.17) is 15.7 Å².